The number of aryl methyl sites for hydroxylation is 1. The zero-order valence-electron chi connectivity index (χ0n) is 12.7. The van der Waals surface area contributed by atoms with Crippen LogP contribution in [0.1, 0.15) is 21.5 Å². The SMILES string of the molecule is COc1cc(C)c2c(c1)O/C(=C\c1ccc3c(c1)OCO3)C2=O. The summed E-state index contributed by atoms with van der Waals surface area (Å²) in [6, 6.07) is 9.04. The molecule has 5 heteroatoms. The smallest absolute Gasteiger partial charge is 0.232 e. The van der Waals surface area contributed by atoms with E-state index in [9.17, 15) is 4.79 Å². The molecule has 0 aliphatic carbocycles. The number of benzene rings is 2. The lowest BCUT2D eigenvalue weighted by molar-refractivity contribution is 0.101. The van der Waals surface area contributed by atoms with Crippen LogP contribution in [0.15, 0.2) is 36.1 Å². The molecule has 0 saturated heterocycles. The predicted octanol–water partition coefficient (Wildman–Crippen LogP) is 3.35. The summed E-state index contributed by atoms with van der Waals surface area (Å²) in [5.74, 6) is 2.72. The van der Waals surface area contributed by atoms with E-state index in [-0.39, 0.29) is 18.3 Å². The predicted molar refractivity (Wildman–Crippen MR) is 83.2 cm³/mol. The molecule has 23 heavy (non-hydrogen) atoms. The number of carbonyl (C=O) groups excluding carboxylic acids is 1. The van der Waals surface area contributed by atoms with Crippen LogP contribution < -0.4 is 18.9 Å². The summed E-state index contributed by atoms with van der Waals surface area (Å²) in [5, 5.41) is 0. The van der Waals surface area contributed by atoms with Crippen LogP contribution >= 0.6 is 0 Å². The summed E-state index contributed by atoms with van der Waals surface area (Å²) in [6.07, 6.45) is 1.70. The third kappa shape index (κ3) is 2.21. The van der Waals surface area contributed by atoms with Crippen molar-refractivity contribution in [3.8, 4) is 23.0 Å². The molecule has 0 bridgehead atoms. The number of methoxy groups -OCH3 is 1. The Hall–Kier alpha value is -2.95. The highest BCUT2D eigenvalue weighted by Gasteiger charge is 2.30. The van der Waals surface area contributed by atoms with E-state index in [4.69, 9.17) is 18.9 Å². The van der Waals surface area contributed by atoms with E-state index in [1.165, 1.54) is 0 Å². The molecule has 0 aromatic heterocycles. The Balaban J connectivity index is 1.71. The highest BCUT2D eigenvalue weighted by molar-refractivity contribution is 6.15. The summed E-state index contributed by atoms with van der Waals surface area (Å²) in [6.45, 7) is 2.08. The molecule has 0 unspecified atom stereocenters. The van der Waals surface area contributed by atoms with E-state index in [2.05, 4.69) is 0 Å². The van der Waals surface area contributed by atoms with Crippen molar-refractivity contribution in [2.45, 2.75) is 6.92 Å². The lowest BCUT2D eigenvalue weighted by Crippen LogP contribution is -1.99. The molecule has 2 aromatic rings. The summed E-state index contributed by atoms with van der Waals surface area (Å²) in [7, 11) is 1.58. The van der Waals surface area contributed by atoms with Gasteiger partial charge in [-0.15, -0.1) is 0 Å². The first-order valence-electron chi connectivity index (χ1n) is 7.18. The molecular formula is C18H14O5. The first-order valence-corrected chi connectivity index (χ1v) is 7.18. The monoisotopic (exact) mass is 310 g/mol. The first-order chi connectivity index (χ1) is 11.2. The van der Waals surface area contributed by atoms with Crippen molar-refractivity contribution in [3.63, 3.8) is 0 Å². The Morgan fingerprint density at radius 1 is 1.09 bits per heavy atom. The number of hydrogen-bond acceptors (Lipinski definition) is 5. The average Bonchev–Trinajstić information content (AvgIpc) is 3.12. The molecule has 2 aliphatic heterocycles. The highest BCUT2D eigenvalue weighted by Crippen LogP contribution is 2.38. The average molecular weight is 310 g/mol. The van der Waals surface area contributed by atoms with Crippen LogP contribution in [0.2, 0.25) is 0 Å². The third-order valence-electron chi connectivity index (χ3n) is 3.87. The van der Waals surface area contributed by atoms with E-state index in [1.807, 2.05) is 31.2 Å². The van der Waals surface area contributed by atoms with Gasteiger partial charge < -0.3 is 18.9 Å². The van der Waals surface area contributed by atoms with Crippen molar-refractivity contribution in [2.24, 2.45) is 0 Å². The minimum atomic E-state index is -0.127. The summed E-state index contributed by atoms with van der Waals surface area (Å²) in [4.78, 5) is 12.6. The fourth-order valence-corrected chi connectivity index (χ4v) is 2.75. The molecule has 0 saturated carbocycles. The van der Waals surface area contributed by atoms with E-state index in [0.29, 0.717) is 28.6 Å². The number of ketones is 1. The normalized spacial score (nSPS) is 16.4. The number of hydrogen-bond donors (Lipinski definition) is 0. The fraction of sp³-hybridized carbons (Fsp3) is 0.167. The number of ether oxygens (including phenoxy) is 4. The quantitative estimate of drug-likeness (QED) is 0.796. The second kappa shape index (κ2) is 5.05. The van der Waals surface area contributed by atoms with E-state index in [0.717, 1.165) is 11.1 Å². The molecule has 2 aliphatic rings. The lowest BCUT2D eigenvalue weighted by atomic mass is 10.0. The van der Waals surface area contributed by atoms with Crippen LogP contribution in [0.25, 0.3) is 6.08 Å². The minimum Gasteiger partial charge on any atom is -0.497 e. The van der Waals surface area contributed by atoms with Gasteiger partial charge in [-0.2, -0.15) is 0 Å². The van der Waals surface area contributed by atoms with Gasteiger partial charge in [-0.25, -0.2) is 0 Å². The first kappa shape index (κ1) is 13.7. The molecule has 0 spiro atoms. The molecule has 0 N–H and O–H groups in total. The molecule has 0 radical (unpaired) electrons. The molecule has 0 amide bonds. The van der Waals surface area contributed by atoms with Crippen LogP contribution in [0.5, 0.6) is 23.0 Å². The van der Waals surface area contributed by atoms with Crippen molar-refractivity contribution in [1.82, 2.24) is 0 Å². The Kier molecular flexibility index (Phi) is 3.01. The van der Waals surface area contributed by atoms with Gasteiger partial charge in [0.1, 0.15) is 11.5 Å². The van der Waals surface area contributed by atoms with E-state index >= 15 is 0 Å². The minimum absolute atomic E-state index is 0.127. The summed E-state index contributed by atoms with van der Waals surface area (Å²) in [5.41, 5.74) is 2.23. The van der Waals surface area contributed by atoms with Gasteiger partial charge in [0.25, 0.3) is 0 Å². The Labute approximate surface area is 133 Å². The van der Waals surface area contributed by atoms with Crippen molar-refractivity contribution >= 4 is 11.9 Å². The topological polar surface area (TPSA) is 54.0 Å². The van der Waals surface area contributed by atoms with Gasteiger partial charge in [0, 0.05) is 6.07 Å². The molecule has 5 nitrogen and oxygen atoms in total. The number of Topliss-reactive ketones (excluding diaryl/α,β-unsaturated/α-hetero) is 1. The van der Waals surface area contributed by atoms with E-state index < -0.39 is 0 Å². The van der Waals surface area contributed by atoms with Gasteiger partial charge in [-0.3, -0.25) is 4.79 Å². The van der Waals surface area contributed by atoms with Crippen LogP contribution in [-0.4, -0.2) is 19.7 Å². The standard InChI is InChI=1S/C18H14O5/c1-10-5-12(20-2)8-15-17(10)18(19)16(23-15)7-11-3-4-13-14(6-11)22-9-21-13/h3-8H,9H2,1-2H3/b16-7-. The Morgan fingerprint density at radius 3 is 2.74 bits per heavy atom. The highest BCUT2D eigenvalue weighted by atomic mass is 16.7. The third-order valence-corrected chi connectivity index (χ3v) is 3.87. The second-order valence-electron chi connectivity index (χ2n) is 5.37. The van der Waals surface area contributed by atoms with Crippen LogP contribution in [-0.2, 0) is 0 Å². The summed E-state index contributed by atoms with van der Waals surface area (Å²) >= 11 is 0. The van der Waals surface area contributed by atoms with Crippen molar-refractivity contribution in [3.05, 3.63) is 52.8 Å². The summed E-state index contributed by atoms with van der Waals surface area (Å²) < 4.78 is 21.6. The van der Waals surface area contributed by atoms with Crippen LogP contribution in [0.4, 0.5) is 0 Å². The zero-order chi connectivity index (χ0) is 16.0. The Morgan fingerprint density at radius 2 is 1.91 bits per heavy atom. The molecule has 0 fully saturated rings. The molecule has 116 valence electrons. The lowest BCUT2D eigenvalue weighted by Gasteiger charge is -2.04. The van der Waals surface area contributed by atoms with Crippen molar-refractivity contribution < 1.29 is 23.7 Å². The van der Waals surface area contributed by atoms with E-state index in [1.54, 1.807) is 19.3 Å². The van der Waals surface area contributed by atoms with Crippen molar-refractivity contribution in [2.75, 3.05) is 13.9 Å². The molecule has 0 atom stereocenters. The number of rotatable bonds is 2. The van der Waals surface area contributed by atoms with Gasteiger partial charge in [0.05, 0.1) is 12.7 Å². The molecular weight excluding hydrogens is 296 g/mol. The van der Waals surface area contributed by atoms with Gasteiger partial charge >= 0.3 is 0 Å². The number of allylic oxidation sites excluding steroid dienone is 1. The van der Waals surface area contributed by atoms with Crippen molar-refractivity contribution in [1.29, 1.82) is 0 Å². The van der Waals surface area contributed by atoms with Gasteiger partial charge in [0.2, 0.25) is 12.6 Å². The molecule has 2 heterocycles. The molecule has 2 aromatic carbocycles. The maximum Gasteiger partial charge on any atom is 0.232 e. The maximum atomic E-state index is 12.6. The zero-order valence-corrected chi connectivity index (χ0v) is 12.7. The van der Waals surface area contributed by atoms with Crippen LogP contribution in [0, 0.1) is 6.92 Å². The molecule has 4 rings (SSSR count). The Bertz CT molecular complexity index is 851. The maximum absolute atomic E-state index is 12.6. The fourth-order valence-electron chi connectivity index (χ4n) is 2.75. The van der Waals surface area contributed by atoms with Gasteiger partial charge in [0.15, 0.2) is 17.3 Å². The van der Waals surface area contributed by atoms with Gasteiger partial charge in [-0.05, 0) is 42.3 Å². The number of carbonyl (C=O) groups is 1. The van der Waals surface area contributed by atoms with Crippen LogP contribution in [0.3, 0.4) is 0 Å². The second-order valence-corrected chi connectivity index (χ2v) is 5.37. The largest absolute Gasteiger partial charge is 0.497 e. The number of fused-ring (bicyclic) bond motifs is 2. The van der Waals surface area contributed by atoms with Gasteiger partial charge in [-0.1, -0.05) is 6.07 Å².